The number of hydrogen-bond acceptors (Lipinski definition) is 2. The number of ether oxygens (including phenoxy) is 1. The molecule has 1 unspecified atom stereocenters. The maximum atomic E-state index is 11.8. The summed E-state index contributed by atoms with van der Waals surface area (Å²) in [5, 5.41) is 6.26. The van der Waals surface area contributed by atoms with Gasteiger partial charge in [0.25, 0.3) is 0 Å². The van der Waals surface area contributed by atoms with Crippen molar-refractivity contribution in [1.82, 2.24) is 10.6 Å². The van der Waals surface area contributed by atoms with Gasteiger partial charge in [-0.3, -0.25) is 0 Å². The standard InChI is InChI=1S/C17H19ClN2O2/c1-13(14-6-3-2-4-7-14)20-17(21)19-10-11-22-16-9-5-8-15(18)12-16/h2-9,12-13H,10-11H2,1H3,(H2,19,20,21). The van der Waals surface area contributed by atoms with E-state index in [1.54, 1.807) is 12.1 Å². The quantitative estimate of drug-likeness (QED) is 0.796. The van der Waals surface area contributed by atoms with Crippen molar-refractivity contribution in [2.75, 3.05) is 13.2 Å². The number of halogens is 1. The van der Waals surface area contributed by atoms with Crippen LogP contribution in [0.15, 0.2) is 54.6 Å². The second kappa shape index (κ2) is 8.29. The lowest BCUT2D eigenvalue weighted by molar-refractivity contribution is 0.233. The summed E-state index contributed by atoms with van der Waals surface area (Å²) in [5.41, 5.74) is 1.06. The first-order valence-electron chi connectivity index (χ1n) is 7.13. The van der Waals surface area contributed by atoms with Gasteiger partial charge in [0.1, 0.15) is 12.4 Å². The van der Waals surface area contributed by atoms with E-state index in [1.165, 1.54) is 0 Å². The third-order valence-corrected chi connectivity index (χ3v) is 3.33. The van der Waals surface area contributed by atoms with E-state index >= 15 is 0 Å². The first-order valence-corrected chi connectivity index (χ1v) is 7.50. The number of nitrogens with one attached hydrogen (secondary N) is 2. The van der Waals surface area contributed by atoms with Crippen molar-refractivity contribution in [2.45, 2.75) is 13.0 Å². The molecular formula is C17H19ClN2O2. The van der Waals surface area contributed by atoms with Crippen LogP contribution >= 0.6 is 11.6 Å². The normalized spacial score (nSPS) is 11.5. The molecule has 2 N–H and O–H groups in total. The fourth-order valence-corrected chi connectivity index (χ4v) is 2.14. The molecule has 5 heteroatoms. The summed E-state index contributed by atoms with van der Waals surface area (Å²) in [6.07, 6.45) is 0. The highest BCUT2D eigenvalue weighted by atomic mass is 35.5. The van der Waals surface area contributed by atoms with Crippen molar-refractivity contribution in [3.8, 4) is 5.75 Å². The van der Waals surface area contributed by atoms with Gasteiger partial charge in [-0.15, -0.1) is 0 Å². The lowest BCUT2D eigenvalue weighted by atomic mass is 10.1. The first kappa shape index (κ1) is 16.2. The Morgan fingerprint density at radius 2 is 1.95 bits per heavy atom. The predicted molar refractivity (Wildman–Crippen MR) is 88.3 cm³/mol. The van der Waals surface area contributed by atoms with Gasteiger partial charge in [-0.05, 0) is 30.7 Å². The summed E-state index contributed by atoms with van der Waals surface area (Å²) < 4.78 is 5.50. The Morgan fingerprint density at radius 1 is 1.18 bits per heavy atom. The molecule has 0 radical (unpaired) electrons. The van der Waals surface area contributed by atoms with Crippen LogP contribution in [0.5, 0.6) is 5.75 Å². The molecule has 0 aliphatic carbocycles. The van der Waals surface area contributed by atoms with Gasteiger partial charge >= 0.3 is 6.03 Å². The number of hydrogen-bond donors (Lipinski definition) is 2. The lowest BCUT2D eigenvalue weighted by Crippen LogP contribution is -2.38. The van der Waals surface area contributed by atoms with E-state index in [9.17, 15) is 4.79 Å². The summed E-state index contributed by atoms with van der Waals surface area (Å²) >= 11 is 5.86. The monoisotopic (exact) mass is 318 g/mol. The Kier molecular flexibility index (Phi) is 6.10. The van der Waals surface area contributed by atoms with Gasteiger partial charge in [-0.25, -0.2) is 4.79 Å². The molecule has 4 nitrogen and oxygen atoms in total. The van der Waals surface area contributed by atoms with Crippen LogP contribution in [0.2, 0.25) is 5.02 Å². The summed E-state index contributed by atoms with van der Waals surface area (Å²) in [5.74, 6) is 0.687. The van der Waals surface area contributed by atoms with Gasteiger partial charge in [0.2, 0.25) is 0 Å². The highest BCUT2D eigenvalue weighted by Gasteiger charge is 2.08. The van der Waals surface area contributed by atoms with Crippen LogP contribution < -0.4 is 15.4 Å². The number of carbonyl (C=O) groups is 1. The van der Waals surface area contributed by atoms with Crippen LogP contribution in [-0.2, 0) is 0 Å². The molecule has 0 aliphatic heterocycles. The molecule has 2 amide bonds. The third kappa shape index (κ3) is 5.30. The molecule has 116 valence electrons. The van der Waals surface area contributed by atoms with E-state index in [1.807, 2.05) is 49.4 Å². The molecule has 0 saturated carbocycles. The first-order chi connectivity index (χ1) is 10.6. The van der Waals surface area contributed by atoms with E-state index in [2.05, 4.69) is 10.6 Å². The highest BCUT2D eigenvalue weighted by Crippen LogP contribution is 2.16. The molecule has 22 heavy (non-hydrogen) atoms. The summed E-state index contributed by atoms with van der Waals surface area (Å²) in [7, 11) is 0. The minimum atomic E-state index is -0.217. The Morgan fingerprint density at radius 3 is 2.68 bits per heavy atom. The average molecular weight is 319 g/mol. The fourth-order valence-electron chi connectivity index (χ4n) is 1.96. The zero-order chi connectivity index (χ0) is 15.8. The van der Waals surface area contributed by atoms with Crippen molar-refractivity contribution in [3.05, 3.63) is 65.2 Å². The predicted octanol–water partition coefficient (Wildman–Crippen LogP) is 3.78. The van der Waals surface area contributed by atoms with E-state index in [0.717, 1.165) is 5.56 Å². The van der Waals surface area contributed by atoms with Crippen molar-refractivity contribution >= 4 is 17.6 Å². The van der Waals surface area contributed by atoms with Crippen LogP contribution in [0.3, 0.4) is 0 Å². The topological polar surface area (TPSA) is 50.4 Å². The molecule has 2 rings (SSSR count). The van der Waals surface area contributed by atoms with Crippen LogP contribution in [0, 0.1) is 0 Å². The number of rotatable bonds is 6. The van der Waals surface area contributed by atoms with Gasteiger partial charge in [-0.2, -0.15) is 0 Å². The Labute approximate surface area is 135 Å². The highest BCUT2D eigenvalue weighted by molar-refractivity contribution is 6.30. The Bertz CT molecular complexity index is 605. The molecule has 0 heterocycles. The van der Waals surface area contributed by atoms with Gasteiger partial charge in [0, 0.05) is 5.02 Å². The molecule has 2 aromatic carbocycles. The minimum Gasteiger partial charge on any atom is -0.492 e. The Balaban J connectivity index is 1.68. The number of carbonyl (C=O) groups excluding carboxylic acids is 1. The largest absolute Gasteiger partial charge is 0.492 e. The van der Waals surface area contributed by atoms with Crippen LogP contribution in [0.1, 0.15) is 18.5 Å². The average Bonchev–Trinajstić information content (AvgIpc) is 2.52. The van der Waals surface area contributed by atoms with Crippen LogP contribution in [0.25, 0.3) is 0 Å². The zero-order valence-electron chi connectivity index (χ0n) is 12.4. The Hall–Kier alpha value is -2.20. The summed E-state index contributed by atoms with van der Waals surface area (Å²) in [6, 6.07) is 16.7. The zero-order valence-corrected chi connectivity index (χ0v) is 13.1. The van der Waals surface area contributed by atoms with E-state index in [-0.39, 0.29) is 12.1 Å². The fraction of sp³-hybridized carbons (Fsp3) is 0.235. The molecule has 0 bridgehead atoms. The molecule has 0 spiro atoms. The van der Waals surface area contributed by atoms with E-state index in [4.69, 9.17) is 16.3 Å². The smallest absolute Gasteiger partial charge is 0.315 e. The molecule has 1 atom stereocenters. The summed E-state index contributed by atoms with van der Waals surface area (Å²) in [4.78, 5) is 11.8. The molecule has 0 aromatic heterocycles. The van der Waals surface area contributed by atoms with Crippen molar-refractivity contribution in [3.63, 3.8) is 0 Å². The van der Waals surface area contributed by atoms with Gasteiger partial charge in [-0.1, -0.05) is 48.0 Å². The van der Waals surface area contributed by atoms with Gasteiger partial charge in [0.05, 0.1) is 12.6 Å². The third-order valence-electron chi connectivity index (χ3n) is 3.10. The van der Waals surface area contributed by atoms with Crippen LogP contribution in [0.4, 0.5) is 4.79 Å². The molecule has 2 aromatic rings. The van der Waals surface area contributed by atoms with Crippen molar-refractivity contribution in [1.29, 1.82) is 0 Å². The maximum absolute atomic E-state index is 11.8. The lowest BCUT2D eigenvalue weighted by Gasteiger charge is -2.15. The van der Waals surface area contributed by atoms with E-state index < -0.39 is 0 Å². The van der Waals surface area contributed by atoms with Gasteiger partial charge < -0.3 is 15.4 Å². The minimum absolute atomic E-state index is 0.0463. The van der Waals surface area contributed by atoms with Gasteiger partial charge in [0.15, 0.2) is 0 Å². The molecule has 0 fully saturated rings. The number of benzene rings is 2. The van der Waals surface area contributed by atoms with Crippen molar-refractivity contribution in [2.24, 2.45) is 0 Å². The maximum Gasteiger partial charge on any atom is 0.315 e. The van der Waals surface area contributed by atoms with Crippen molar-refractivity contribution < 1.29 is 9.53 Å². The van der Waals surface area contributed by atoms with Crippen LogP contribution in [-0.4, -0.2) is 19.2 Å². The van der Waals surface area contributed by atoms with E-state index in [0.29, 0.717) is 23.9 Å². The molecular weight excluding hydrogens is 300 g/mol. The molecule has 0 saturated heterocycles. The number of amides is 2. The number of urea groups is 1. The SMILES string of the molecule is CC(NC(=O)NCCOc1cccc(Cl)c1)c1ccccc1. The molecule has 0 aliphatic rings. The second-order valence-corrected chi connectivity index (χ2v) is 5.27. The second-order valence-electron chi connectivity index (χ2n) is 4.84. The summed E-state index contributed by atoms with van der Waals surface area (Å²) in [6.45, 7) is 2.74.